The number of aryl methyl sites for hydroxylation is 1. The second-order valence-electron chi connectivity index (χ2n) is 10.8. The molecule has 0 saturated heterocycles. The van der Waals surface area contributed by atoms with Crippen LogP contribution in [0, 0.1) is 18.3 Å². The van der Waals surface area contributed by atoms with Gasteiger partial charge in [-0.25, -0.2) is 13.1 Å². The first kappa shape index (κ1) is 29.5. The minimum atomic E-state index is -3.76. The Kier molecular flexibility index (Phi) is 8.92. The summed E-state index contributed by atoms with van der Waals surface area (Å²) >= 11 is 0. The molecule has 0 aromatic heterocycles. The Balaban J connectivity index is 1.53. The third-order valence-electron chi connectivity index (χ3n) is 6.20. The molecule has 0 bridgehead atoms. The summed E-state index contributed by atoms with van der Waals surface area (Å²) in [5, 5.41) is 12.3. The molecule has 0 radical (unpaired) electrons. The van der Waals surface area contributed by atoms with Crippen molar-refractivity contribution in [2.75, 3.05) is 5.32 Å². The fourth-order valence-corrected chi connectivity index (χ4v) is 6.11. The van der Waals surface area contributed by atoms with Gasteiger partial charge in [0.25, 0.3) is 0 Å². The van der Waals surface area contributed by atoms with Crippen molar-refractivity contribution in [1.29, 1.82) is 5.26 Å². The van der Waals surface area contributed by atoms with E-state index in [1.54, 1.807) is 75.4 Å². The minimum Gasteiger partial charge on any atom is -0.489 e. The van der Waals surface area contributed by atoms with Crippen LogP contribution >= 0.6 is 0 Å². The maximum atomic E-state index is 13.1. The summed E-state index contributed by atoms with van der Waals surface area (Å²) in [7, 11) is -3.76. The molecule has 210 valence electrons. The van der Waals surface area contributed by atoms with Crippen molar-refractivity contribution in [3.63, 3.8) is 0 Å². The van der Waals surface area contributed by atoms with Gasteiger partial charge in [0, 0.05) is 22.4 Å². The van der Waals surface area contributed by atoms with E-state index in [4.69, 9.17) is 4.74 Å². The summed E-state index contributed by atoms with van der Waals surface area (Å²) in [5.41, 5.74) is 4.11. The van der Waals surface area contributed by atoms with E-state index < -0.39 is 15.6 Å². The maximum absolute atomic E-state index is 13.1. The summed E-state index contributed by atoms with van der Waals surface area (Å²) in [6, 6.07) is 29.1. The lowest BCUT2D eigenvalue weighted by molar-refractivity contribution is -0.115. The van der Waals surface area contributed by atoms with E-state index in [0.717, 1.165) is 16.7 Å². The van der Waals surface area contributed by atoms with Gasteiger partial charge in [-0.15, -0.1) is 0 Å². The second kappa shape index (κ2) is 12.4. The van der Waals surface area contributed by atoms with Gasteiger partial charge in [0.05, 0.1) is 22.9 Å². The Hall–Kier alpha value is -4.45. The van der Waals surface area contributed by atoms with E-state index in [1.165, 1.54) is 0 Å². The van der Waals surface area contributed by atoms with Gasteiger partial charge in [-0.3, -0.25) is 4.79 Å². The van der Waals surface area contributed by atoms with Crippen LogP contribution in [0.25, 0.3) is 11.1 Å². The van der Waals surface area contributed by atoms with Crippen molar-refractivity contribution >= 4 is 21.6 Å². The summed E-state index contributed by atoms with van der Waals surface area (Å²) < 4.78 is 35.0. The fraction of sp³-hybridized carbons (Fsp3) is 0.212. The Bertz CT molecular complexity index is 1700. The lowest BCUT2D eigenvalue weighted by atomic mass is 10.00. The van der Waals surface area contributed by atoms with E-state index in [2.05, 4.69) is 16.1 Å². The number of amides is 1. The second-order valence-corrected chi connectivity index (χ2v) is 12.5. The fourth-order valence-electron chi connectivity index (χ4n) is 4.47. The van der Waals surface area contributed by atoms with Crippen LogP contribution < -0.4 is 14.8 Å². The van der Waals surface area contributed by atoms with E-state index in [-0.39, 0.29) is 17.2 Å². The van der Waals surface area contributed by atoms with E-state index >= 15 is 0 Å². The third kappa shape index (κ3) is 7.82. The molecule has 4 rings (SSSR count). The largest absolute Gasteiger partial charge is 0.489 e. The number of nitrogens with zero attached hydrogens (tertiary/aromatic N) is 1. The number of hydrogen-bond acceptors (Lipinski definition) is 5. The molecule has 1 amide bonds. The van der Waals surface area contributed by atoms with Crippen LogP contribution in [-0.2, 0) is 27.8 Å². The molecule has 8 heteroatoms. The molecule has 0 aliphatic carbocycles. The molecule has 7 nitrogen and oxygen atoms in total. The van der Waals surface area contributed by atoms with Crippen LogP contribution in [-0.4, -0.2) is 19.9 Å². The molecule has 0 unspecified atom stereocenters. The molecule has 4 aromatic carbocycles. The molecular weight excluding hydrogens is 534 g/mol. The Morgan fingerprint density at radius 3 is 2.29 bits per heavy atom. The Labute approximate surface area is 241 Å². The average Bonchev–Trinajstić information content (AvgIpc) is 2.91. The molecule has 0 saturated carbocycles. The number of nitriles is 1. The first-order chi connectivity index (χ1) is 19.4. The van der Waals surface area contributed by atoms with Gasteiger partial charge >= 0.3 is 0 Å². The number of sulfonamides is 1. The number of rotatable bonds is 9. The van der Waals surface area contributed by atoms with Crippen LogP contribution in [0.15, 0.2) is 95.9 Å². The number of ether oxygens (including phenoxy) is 1. The minimum absolute atomic E-state index is 0.0139. The smallest absolute Gasteiger partial charge is 0.241 e. The Morgan fingerprint density at radius 1 is 0.902 bits per heavy atom. The van der Waals surface area contributed by atoms with Crippen molar-refractivity contribution in [3.8, 4) is 22.9 Å². The first-order valence-corrected chi connectivity index (χ1v) is 14.7. The van der Waals surface area contributed by atoms with Crippen LogP contribution in [0.2, 0.25) is 0 Å². The van der Waals surface area contributed by atoms with E-state index in [0.29, 0.717) is 34.7 Å². The maximum Gasteiger partial charge on any atom is 0.241 e. The lowest BCUT2D eigenvalue weighted by Crippen LogP contribution is -2.40. The number of anilines is 1. The van der Waals surface area contributed by atoms with Crippen molar-refractivity contribution < 1.29 is 17.9 Å². The molecule has 41 heavy (non-hydrogen) atoms. The molecule has 4 aromatic rings. The number of carbonyl (C=O) groups excluding carboxylic acids is 1. The van der Waals surface area contributed by atoms with Gasteiger partial charge < -0.3 is 10.1 Å². The van der Waals surface area contributed by atoms with Crippen molar-refractivity contribution in [1.82, 2.24) is 4.72 Å². The Morgan fingerprint density at radius 2 is 1.61 bits per heavy atom. The van der Waals surface area contributed by atoms with E-state index in [1.807, 2.05) is 43.3 Å². The standard InChI is InChI=1S/C33H33N3O4S/c1-23-18-27(15-16-28(23)29-12-8-9-13-31(29)41(38,39)36-33(2,3)4)35-32(37)20-26-19-25(21-34)14-17-30(26)40-22-24-10-6-5-7-11-24/h5-19,36H,20,22H2,1-4H3,(H,35,37). The van der Waals surface area contributed by atoms with Gasteiger partial charge in [-0.2, -0.15) is 5.26 Å². The van der Waals surface area contributed by atoms with Crippen LogP contribution in [0.4, 0.5) is 5.69 Å². The highest BCUT2D eigenvalue weighted by atomic mass is 32.2. The summed E-state index contributed by atoms with van der Waals surface area (Å²) in [4.78, 5) is 13.2. The zero-order chi connectivity index (χ0) is 29.6. The highest BCUT2D eigenvalue weighted by molar-refractivity contribution is 7.89. The number of benzene rings is 4. The highest BCUT2D eigenvalue weighted by Crippen LogP contribution is 2.32. The van der Waals surface area contributed by atoms with Crippen LogP contribution in [0.5, 0.6) is 5.75 Å². The van der Waals surface area contributed by atoms with Gasteiger partial charge in [0.2, 0.25) is 15.9 Å². The zero-order valence-corrected chi connectivity index (χ0v) is 24.4. The normalized spacial score (nSPS) is 11.5. The molecule has 0 spiro atoms. The summed E-state index contributed by atoms with van der Waals surface area (Å²) in [5.74, 6) is 0.269. The number of nitrogens with one attached hydrogen (secondary N) is 2. The molecule has 0 heterocycles. The monoisotopic (exact) mass is 567 g/mol. The molecule has 0 atom stereocenters. The van der Waals surface area contributed by atoms with Crippen molar-refractivity contribution in [3.05, 3.63) is 113 Å². The van der Waals surface area contributed by atoms with Crippen LogP contribution in [0.1, 0.15) is 43.0 Å². The number of carbonyl (C=O) groups is 1. The highest BCUT2D eigenvalue weighted by Gasteiger charge is 2.25. The average molecular weight is 568 g/mol. The number of hydrogen-bond donors (Lipinski definition) is 2. The molecule has 0 aliphatic rings. The predicted molar refractivity (Wildman–Crippen MR) is 161 cm³/mol. The third-order valence-corrected chi connectivity index (χ3v) is 8.01. The lowest BCUT2D eigenvalue weighted by Gasteiger charge is -2.22. The molecule has 0 aliphatic heterocycles. The van der Waals surface area contributed by atoms with Gasteiger partial charge in [0.15, 0.2) is 0 Å². The molecule has 2 N–H and O–H groups in total. The van der Waals surface area contributed by atoms with E-state index in [9.17, 15) is 18.5 Å². The van der Waals surface area contributed by atoms with Crippen LogP contribution in [0.3, 0.4) is 0 Å². The van der Waals surface area contributed by atoms with Gasteiger partial charge in [0.1, 0.15) is 12.4 Å². The van der Waals surface area contributed by atoms with Crippen molar-refractivity contribution in [2.24, 2.45) is 0 Å². The molecule has 0 fully saturated rings. The van der Waals surface area contributed by atoms with Gasteiger partial charge in [-0.1, -0.05) is 54.6 Å². The predicted octanol–water partition coefficient (Wildman–Crippen LogP) is 6.37. The quantitative estimate of drug-likeness (QED) is 0.244. The summed E-state index contributed by atoms with van der Waals surface area (Å²) in [6.45, 7) is 7.60. The SMILES string of the molecule is Cc1cc(NC(=O)Cc2cc(C#N)ccc2OCc2ccccc2)ccc1-c1ccccc1S(=O)(=O)NC(C)(C)C. The molecular formula is C33H33N3O4S. The summed E-state index contributed by atoms with van der Waals surface area (Å²) in [6.07, 6.45) is 0.0139. The first-order valence-electron chi connectivity index (χ1n) is 13.2. The topological polar surface area (TPSA) is 108 Å². The van der Waals surface area contributed by atoms with Gasteiger partial charge in [-0.05, 0) is 80.8 Å². The van der Waals surface area contributed by atoms with Crippen molar-refractivity contribution in [2.45, 2.75) is 51.2 Å². The zero-order valence-electron chi connectivity index (χ0n) is 23.6.